The van der Waals surface area contributed by atoms with Crippen LogP contribution in [-0.2, 0) is 11.3 Å². The Balaban J connectivity index is 1.99. The highest BCUT2D eigenvalue weighted by atomic mass is 16.5. The molecule has 0 amide bonds. The van der Waals surface area contributed by atoms with Gasteiger partial charge in [-0.1, -0.05) is 18.2 Å². The predicted molar refractivity (Wildman–Crippen MR) is 85.1 cm³/mol. The molecule has 3 heteroatoms. The minimum absolute atomic E-state index is 0.492. The topological polar surface area (TPSA) is 26.2 Å². The maximum atomic E-state index is 5.35. The number of hydrogen-bond acceptors (Lipinski definition) is 2. The molecule has 110 valence electrons. The van der Waals surface area contributed by atoms with Gasteiger partial charge in [-0.05, 0) is 45.4 Å². The van der Waals surface area contributed by atoms with Gasteiger partial charge in [0, 0.05) is 42.9 Å². The van der Waals surface area contributed by atoms with Gasteiger partial charge in [-0.25, -0.2) is 0 Å². The van der Waals surface area contributed by atoms with Gasteiger partial charge in [-0.3, -0.25) is 0 Å². The van der Waals surface area contributed by atoms with Crippen LogP contribution < -0.4 is 5.32 Å². The van der Waals surface area contributed by atoms with Crippen molar-refractivity contribution in [1.29, 1.82) is 0 Å². The molecule has 2 rings (SSSR count). The summed E-state index contributed by atoms with van der Waals surface area (Å²) >= 11 is 0. The van der Waals surface area contributed by atoms with E-state index in [1.54, 1.807) is 0 Å². The molecule has 0 radical (unpaired) electrons. The average molecular weight is 274 g/mol. The van der Waals surface area contributed by atoms with Gasteiger partial charge in [0.25, 0.3) is 0 Å². The second-order valence-electron chi connectivity index (χ2n) is 5.40. The number of para-hydroxylation sites is 1. The fourth-order valence-electron chi connectivity index (χ4n) is 2.51. The van der Waals surface area contributed by atoms with Crippen molar-refractivity contribution in [3.05, 3.63) is 36.0 Å². The van der Waals surface area contributed by atoms with Crippen molar-refractivity contribution in [2.45, 2.75) is 39.8 Å². The van der Waals surface area contributed by atoms with E-state index in [1.165, 1.54) is 16.5 Å². The summed E-state index contributed by atoms with van der Waals surface area (Å²) in [5.74, 6) is 0. The molecule has 1 N–H and O–H groups in total. The van der Waals surface area contributed by atoms with E-state index in [4.69, 9.17) is 4.74 Å². The highest BCUT2D eigenvalue weighted by molar-refractivity contribution is 5.84. The summed E-state index contributed by atoms with van der Waals surface area (Å²) in [6.07, 6.45) is 3.35. The average Bonchev–Trinajstić information content (AvgIpc) is 2.82. The van der Waals surface area contributed by atoms with Crippen LogP contribution in [0, 0.1) is 0 Å². The van der Waals surface area contributed by atoms with E-state index < -0.39 is 0 Å². The lowest BCUT2D eigenvalue weighted by Crippen LogP contribution is -2.16. The zero-order valence-corrected chi connectivity index (χ0v) is 12.9. The molecule has 0 spiro atoms. The minimum Gasteiger partial charge on any atom is -0.382 e. The first-order chi connectivity index (χ1) is 9.74. The number of nitrogens with zero attached hydrogens (tertiary/aromatic N) is 1. The van der Waals surface area contributed by atoms with E-state index in [0.717, 1.165) is 32.7 Å². The summed E-state index contributed by atoms with van der Waals surface area (Å²) in [6.45, 7) is 10.1. The number of hydrogen-bond donors (Lipinski definition) is 1. The molecule has 1 aromatic carbocycles. The van der Waals surface area contributed by atoms with Crippen molar-refractivity contribution in [2.75, 3.05) is 19.8 Å². The largest absolute Gasteiger partial charge is 0.382 e. The molecular formula is C17H26N2O. The van der Waals surface area contributed by atoms with Gasteiger partial charge in [-0.15, -0.1) is 0 Å². The van der Waals surface area contributed by atoms with Gasteiger partial charge in [-0.2, -0.15) is 0 Å². The molecule has 3 nitrogen and oxygen atoms in total. The first-order valence-electron chi connectivity index (χ1n) is 7.61. The first kappa shape index (κ1) is 15.1. The van der Waals surface area contributed by atoms with Gasteiger partial charge >= 0.3 is 0 Å². The van der Waals surface area contributed by atoms with Crippen LogP contribution in [0.15, 0.2) is 30.5 Å². The summed E-state index contributed by atoms with van der Waals surface area (Å²) in [6, 6.07) is 9.14. The number of benzene rings is 1. The van der Waals surface area contributed by atoms with Gasteiger partial charge in [0.1, 0.15) is 0 Å². The predicted octanol–water partition coefficient (Wildman–Crippen LogP) is 3.74. The van der Waals surface area contributed by atoms with Gasteiger partial charge in [0.2, 0.25) is 0 Å². The summed E-state index contributed by atoms with van der Waals surface area (Å²) in [7, 11) is 0. The third-order valence-electron chi connectivity index (χ3n) is 3.54. The number of ether oxygens (including phenoxy) is 1. The second kappa shape index (κ2) is 7.46. The van der Waals surface area contributed by atoms with Crippen molar-refractivity contribution in [3.63, 3.8) is 0 Å². The molecular weight excluding hydrogens is 248 g/mol. The van der Waals surface area contributed by atoms with Crippen molar-refractivity contribution < 1.29 is 4.74 Å². The van der Waals surface area contributed by atoms with Crippen LogP contribution in [0.3, 0.4) is 0 Å². The first-order valence-corrected chi connectivity index (χ1v) is 7.61. The van der Waals surface area contributed by atoms with Crippen LogP contribution in [-0.4, -0.2) is 24.3 Å². The molecule has 1 heterocycles. The Bertz CT molecular complexity index is 531. The minimum atomic E-state index is 0.492. The third-order valence-corrected chi connectivity index (χ3v) is 3.54. The van der Waals surface area contributed by atoms with Crippen LogP contribution in [0.2, 0.25) is 0 Å². The molecule has 0 atom stereocenters. The highest BCUT2D eigenvalue weighted by Gasteiger charge is 2.09. The molecule has 20 heavy (non-hydrogen) atoms. The van der Waals surface area contributed by atoms with Gasteiger partial charge in [0.15, 0.2) is 0 Å². The highest BCUT2D eigenvalue weighted by Crippen LogP contribution is 2.24. The molecule has 0 aliphatic rings. The Morgan fingerprint density at radius 1 is 1.25 bits per heavy atom. The SMILES string of the molecule is CCOCCCNCc1cn(C(C)C)c2ccccc12. The Morgan fingerprint density at radius 2 is 2.05 bits per heavy atom. The standard InChI is InChI=1S/C17H26N2O/c1-4-20-11-7-10-18-12-15-13-19(14(2)3)17-9-6-5-8-16(15)17/h5-6,8-9,13-14,18H,4,7,10-12H2,1-3H3. The van der Waals surface area contributed by atoms with Gasteiger partial charge in [0.05, 0.1) is 0 Å². The van der Waals surface area contributed by atoms with Gasteiger partial charge < -0.3 is 14.6 Å². The van der Waals surface area contributed by atoms with E-state index in [-0.39, 0.29) is 0 Å². The van der Waals surface area contributed by atoms with Crippen molar-refractivity contribution in [1.82, 2.24) is 9.88 Å². The molecule has 1 aromatic heterocycles. The summed E-state index contributed by atoms with van der Waals surface area (Å²) in [5.41, 5.74) is 2.71. The van der Waals surface area contributed by atoms with E-state index in [0.29, 0.717) is 6.04 Å². The Labute approximate surface area is 121 Å². The Morgan fingerprint density at radius 3 is 2.80 bits per heavy atom. The molecule has 0 aliphatic heterocycles. The summed E-state index contributed by atoms with van der Waals surface area (Å²) < 4.78 is 7.70. The monoisotopic (exact) mass is 274 g/mol. The zero-order valence-electron chi connectivity index (χ0n) is 12.9. The number of rotatable bonds is 8. The lowest BCUT2D eigenvalue weighted by atomic mass is 10.2. The van der Waals surface area contributed by atoms with Crippen LogP contribution in [0.1, 0.15) is 38.8 Å². The number of aromatic nitrogens is 1. The number of fused-ring (bicyclic) bond motifs is 1. The lowest BCUT2D eigenvalue weighted by molar-refractivity contribution is 0.144. The fraction of sp³-hybridized carbons (Fsp3) is 0.529. The Kier molecular flexibility index (Phi) is 5.62. The summed E-state index contributed by atoms with van der Waals surface area (Å²) in [5, 5.41) is 4.87. The molecule has 0 saturated heterocycles. The maximum Gasteiger partial charge on any atom is 0.0486 e. The van der Waals surface area contributed by atoms with Crippen molar-refractivity contribution in [3.8, 4) is 0 Å². The van der Waals surface area contributed by atoms with E-state index in [1.807, 2.05) is 6.92 Å². The molecule has 2 aromatic rings. The van der Waals surface area contributed by atoms with Crippen LogP contribution in [0.4, 0.5) is 0 Å². The van der Waals surface area contributed by atoms with E-state index >= 15 is 0 Å². The van der Waals surface area contributed by atoms with E-state index in [2.05, 4.69) is 54.2 Å². The lowest BCUT2D eigenvalue weighted by Gasteiger charge is -2.08. The maximum absolute atomic E-state index is 5.35. The molecule has 0 unspecified atom stereocenters. The Hall–Kier alpha value is -1.32. The zero-order chi connectivity index (χ0) is 14.4. The molecule has 0 saturated carbocycles. The molecule has 0 fully saturated rings. The van der Waals surface area contributed by atoms with E-state index in [9.17, 15) is 0 Å². The van der Waals surface area contributed by atoms with Crippen molar-refractivity contribution >= 4 is 10.9 Å². The fourth-order valence-corrected chi connectivity index (χ4v) is 2.51. The summed E-state index contributed by atoms with van der Waals surface area (Å²) in [4.78, 5) is 0. The molecule has 0 aliphatic carbocycles. The normalized spacial score (nSPS) is 11.6. The van der Waals surface area contributed by atoms with Crippen molar-refractivity contribution in [2.24, 2.45) is 0 Å². The molecule has 0 bridgehead atoms. The quantitative estimate of drug-likeness (QED) is 0.742. The van der Waals surface area contributed by atoms with Crippen LogP contribution >= 0.6 is 0 Å². The second-order valence-corrected chi connectivity index (χ2v) is 5.40. The number of nitrogens with one attached hydrogen (secondary N) is 1. The smallest absolute Gasteiger partial charge is 0.0486 e. The van der Waals surface area contributed by atoms with Crippen LogP contribution in [0.25, 0.3) is 10.9 Å². The third kappa shape index (κ3) is 3.62. The van der Waals surface area contributed by atoms with Crippen LogP contribution in [0.5, 0.6) is 0 Å².